The maximum absolute atomic E-state index is 12.5. The molecule has 0 atom stereocenters. The van der Waals surface area contributed by atoms with Gasteiger partial charge in [-0.15, -0.1) is 0 Å². The van der Waals surface area contributed by atoms with Gasteiger partial charge in [0.15, 0.2) is 0 Å². The van der Waals surface area contributed by atoms with E-state index in [1.54, 1.807) is 23.1 Å². The van der Waals surface area contributed by atoms with Crippen molar-refractivity contribution in [3.05, 3.63) is 47.3 Å². The zero-order valence-electron chi connectivity index (χ0n) is 13.9. The van der Waals surface area contributed by atoms with E-state index in [0.717, 1.165) is 17.2 Å². The highest BCUT2D eigenvalue weighted by atomic mass is 32.2. The first-order chi connectivity index (χ1) is 12.0. The normalized spacial score (nSPS) is 15.3. The van der Waals surface area contributed by atoms with Gasteiger partial charge < -0.3 is 4.90 Å². The first-order valence-electron chi connectivity index (χ1n) is 7.93. The van der Waals surface area contributed by atoms with Crippen molar-refractivity contribution in [2.24, 2.45) is 0 Å². The second kappa shape index (κ2) is 7.59. The van der Waals surface area contributed by atoms with Crippen molar-refractivity contribution < 1.29 is 13.2 Å². The third kappa shape index (κ3) is 4.42. The summed E-state index contributed by atoms with van der Waals surface area (Å²) in [6.07, 6.45) is 0. The monoisotopic (exact) mass is 380 g/mol. The molecule has 1 aromatic heterocycles. The van der Waals surface area contributed by atoms with Crippen molar-refractivity contribution in [3.8, 4) is 0 Å². The molecule has 1 saturated heterocycles. The number of H-pyrrole nitrogens is 1. The quantitative estimate of drug-likeness (QED) is 0.817. The van der Waals surface area contributed by atoms with Crippen LogP contribution in [-0.2, 0) is 16.6 Å². The predicted molar refractivity (Wildman–Crippen MR) is 97.0 cm³/mol. The van der Waals surface area contributed by atoms with Gasteiger partial charge in [0.1, 0.15) is 0 Å². The second-order valence-corrected chi connectivity index (χ2v) is 8.79. The van der Waals surface area contributed by atoms with Gasteiger partial charge in [-0.2, -0.15) is 16.9 Å². The lowest BCUT2D eigenvalue weighted by Gasteiger charge is -2.26. The molecule has 2 N–H and O–H groups in total. The minimum atomic E-state index is -3.71. The molecular weight excluding hydrogens is 360 g/mol. The SMILES string of the molecule is Cc1cc(CNS(=O)(=O)c2cccc(C(=O)N3CCSCC3)c2)n[nH]1. The Morgan fingerprint density at radius 1 is 1.32 bits per heavy atom. The standard InChI is InChI=1S/C16H20N4O3S2/c1-12-9-14(19-18-12)11-17-25(22,23)15-4-2-3-13(10-15)16(21)20-5-7-24-8-6-20/h2-4,9-10,17H,5-8,11H2,1H3,(H,18,19). The lowest BCUT2D eigenvalue weighted by molar-refractivity contribution is 0.0772. The zero-order valence-corrected chi connectivity index (χ0v) is 15.5. The van der Waals surface area contributed by atoms with Gasteiger partial charge >= 0.3 is 0 Å². The molecule has 0 unspecified atom stereocenters. The fourth-order valence-electron chi connectivity index (χ4n) is 2.56. The molecule has 1 fully saturated rings. The Morgan fingerprint density at radius 3 is 2.76 bits per heavy atom. The summed E-state index contributed by atoms with van der Waals surface area (Å²) in [5.74, 6) is 1.70. The van der Waals surface area contributed by atoms with Gasteiger partial charge in [0.2, 0.25) is 10.0 Å². The molecule has 0 saturated carbocycles. The highest BCUT2D eigenvalue weighted by molar-refractivity contribution is 7.99. The summed E-state index contributed by atoms with van der Waals surface area (Å²) in [4.78, 5) is 14.4. The minimum Gasteiger partial charge on any atom is -0.337 e. The number of aromatic nitrogens is 2. The van der Waals surface area contributed by atoms with Gasteiger partial charge in [0.05, 0.1) is 17.1 Å². The number of amides is 1. The van der Waals surface area contributed by atoms with Gasteiger partial charge in [-0.3, -0.25) is 9.89 Å². The van der Waals surface area contributed by atoms with Crippen molar-refractivity contribution in [1.82, 2.24) is 19.8 Å². The molecule has 0 radical (unpaired) electrons. The molecule has 1 aliphatic heterocycles. The summed E-state index contributed by atoms with van der Waals surface area (Å²) in [5, 5.41) is 6.77. The molecule has 2 heterocycles. The van der Waals surface area contributed by atoms with Crippen LogP contribution in [-0.4, -0.2) is 54.0 Å². The molecule has 1 amide bonds. The van der Waals surface area contributed by atoms with Crippen molar-refractivity contribution >= 4 is 27.7 Å². The number of thioether (sulfide) groups is 1. The Hall–Kier alpha value is -1.84. The molecule has 0 spiro atoms. The Labute approximate surface area is 151 Å². The smallest absolute Gasteiger partial charge is 0.253 e. The largest absolute Gasteiger partial charge is 0.337 e. The average molecular weight is 380 g/mol. The van der Waals surface area contributed by atoms with Crippen molar-refractivity contribution in [1.29, 1.82) is 0 Å². The molecule has 0 bridgehead atoms. The van der Waals surface area contributed by atoms with Gasteiger partial charge in [-0.1, -0.05) is 6.07 Å². The van der Waals surface area contributed by atoms with Crippen LogP contribution in [0.1, 0.15) is 21.7 Å². The molecular formula is C16H20N4O3S2. The van der Waals surface area contributed by atoms with E-state index in [9.17, 15) is 13.2 Å². The van der Waals surface area contributed by atoms with E-state index in [-0.39, 0.29) is 17.3 Å². The summed E-state index contributed by atoms with van der Waals surface area (Å²) < 4.78 is 27.5. The van der Waals surface area contributed by atoms with Crippen LogP contribution in [0, 0.1) is 6.92 Å². The average Bonchev–Trinajstić information content (AvgIpc) is 3.06. The van der Waals surface area contributed by atoms with Crippen molar-refractivity contribution in [2.75, 3.05) is 24.6 Å². The topological polar surface area (TPSA) is 95.2 Å². The Kier molecular flexibility index (Phi) is 5.45. The number of aryl methyl sites for hydroxylation is 1. The van der Waals surface area contributed by atoms with E-state index in [4.69, 9.17) is 0 Å². The number of benzene rings is 1. The highest BCUT2D eigenvalue weighted by Crippen LogP contribution is 2.16. The van der Waals surface area contributed by atoms with E-state index in [0.29, 0.717) is 24.3 Å². The third-order valence-corrected chi connectivity index (χ3v) is 6.23. The molecule has 1 aliphatic rings. The fraction of sp³-hybridized carbons (Fsp3) is 0.375. The van der Waals surface area contributed by atoms with E-state index < -0.39 is 10.0 Å². The first kappa shape index (κ1) is 18.0. The summed E-state index contributed by atoms with van der Waals surface area (Å²) in [6.45, 7) is 3.32. The molecule has 25 heavy (non-hydrogen) atoms. The Morgan fingerprint density at radius 2 is 2.08 bits per heavy atom. The third-order valence-electron chi connectivity index (χ3n) is 3.89. The van der Waals surface area contributed by atoms with Gasteiger partial charge in [-0.25, -0.2) is 13.1 Å². The van der Waals surface area contributed by atoms with Crippen LogP contribution in [0.5, 0.6) is 0 Å². The summed E-state index contributed by atoms with van der Waals surface area (Å²) in [7, 11) is -3.71. The lowest BCUT2D eigenvalue weighted by Crippen LogP contribution is -2.38. The number of hydrogen-bond donors (Lipinski definition) is 2. The van der Waals surface area contributed by atoms with Crippen molar-refractivity contribution in [3.63, 3.8) is 0 Å². The fourth-order valence-corrected chi connectivity index (χ4v) is 4.51. The van der Waals surface area contributed by atoms with Crippen LogP contribution >= 0.6 is 11.8 Å². The Balaban J connectivity index is 1.74. The molecule has 2 aromatic rings. The Bertz CT molecular complexity index is 858. The minimum absolute atomic E-state index is 0.0805. The predicted octanol–water partition coefficient (Wildman–Crippen LogP) is 1.39. The van der Waals surface area contributed by atoms with Crippen LogP contribution in [0.25, 0.3) is 0 Å². The summed E-state index contributed by atoms with van der Waals surface area (Å²) in [6, 6.07) is 7.94. The van der Waals surface area contributed by atoms with Crippen LogP contribution in [0.4, 0.5) is 0 Å². The number of hydrogen-bond acceptors (Lipinski definition) is 5. The zero-order chi connectivity index (χ0) is 17.9. The van der Waals surface area contributed by atoms with Crippen LogP contribution in [0.2, 0.25) is 0 Å². The molecule has 3 rings (SSSR count). The summed E-state index contributed by atoms with van der Waals surface area (Å²) in [5.41, 5.74) is 1.87. The molecule has 7 nitrogen and oxygen atoms in total. The van der Waals surface area contributed by atoms with E-state index in [1.807, 2.05) is 18.7 Å². The molecule has 1 aromatic carbocycles. The number of carbonyl (C=O) groups excluding carboxylic acids is 1. The number of aromatic amines is 1. The van der Waals surface area contributed by atoms with E-state index >= 15 is 0 Å². The summed E-state index contributed by atoms with van der Waals surface area (Å²) >= 11 is 1.82. The number of carbonyl (C=O) groups is 1. The number of nitrogens with zero attached hydrogens (tertiary/aromatic N) is 2. The van der Waals surface area contributed by atoms with E-state index in [1.165, 1.54) is 12.1 Å². The molecule has 134 valence electrons. The first-order valence-corrected chi connectivity index (χ1v) is 10.6. The van der Waals surface area contributed by atoms with Gasteiger partial charge in [-0.05, 0) is 31.2 Å². The van der Waals surface area contributed by atoms with Gasteiger partial charge in [0.25, 0.3) is 5.91 Å². The lowest BCUT2D eigenvalue weighted by atomic mass is 10.2. The molecule has 0 aliphatic carbocycles. The van der Waals surface area contributed by atoms with E-state index in [2.05, 4.69) is 14.9 Å². The number of sulfonamides is 1. The number of nitrogens with one attached hydrogen (secondary N) is 2. The maximum atomic E-state index is 12.5. The molecule has 9 heteroatoms. The number of rotatable bonds is 5. The second-order valence-electron chi connectivity index (χ2n) is 5.80. The highest BCUT2D eigenvalue weighted by Gasteiger charge is 2.21. The van der Waals surface area contributed by atoms with Crippen molar-refractivity contribution in [2.45, 2.75) is 18.4 Å². The maximum Gasteiger partial charge on any atom is 0.253 e. The van der Waals surface area contributed by atoms with Gasteiger partial charge in [0, 0.05) is 35.9 Å². The van der Waals surface area contributed by atoms with Crippen LogP contribution < -0.4 is 4.72 Å². The van der Waals surface area contributed by atoms with Crippen LogP contribution in [0.15, 0.2) is 35.2 Å². The van der Waals surface area contributed by atoms with Crippen LogP contribution in [0.3, 0.4) is 0 Å².